The van der Waals surface area contributed by atoms with Gasteiger partial charge >= 0.3 is 0 Å². The van der Waals surface area contributed by atoms with Crippen molar-refractivity contribution in [2.24, 2.45) is 4.99 Å². The molecule has 0 saturated heterocycles. The number of aromatic nitrogens is 2. The van der Waals surface area contributed by atoms with Crippen LogP contribution in [0.2, 0.25) is 10.0 Å². The van der Waals surface area contributed by atoms with E-state index in [4.69, 9.17) is 42.9 Å². The van der Waals surface area contributed by atoms with Gasteiger partial charge in [-0.3, -0.25) is 5.43 Å². The number of aliphatic imine (C=N–C) groups is 1. The summed E-state index contributed by atoms with van der Waals surface area (Å²) in [6.07, 6.45) is 7.78. The second-order valence-corrected chi connectivity index (χ2v) is 10.2. The summed E-state index contributed by atoms with van der Waals surface area (Å²) in [5.41, 5.74) is 4.26. The van der Waals surface area contributed by atoms with E-state index in [0.29, 0.717) is 21.6 Å². The summed E-state index contributed by atoms with van der Waals surface area (Å²) < 4.78 is 5.80. The van der Waals surface area contributed by atoms with E-state index < -0.39 is 0 Å². The number of unbranched alkanes of at least 4 members (excludes halogenated alkanes) is 1. The van der Waals surface area contributed by atoms with Crippen molar-refractivity contribution >= 4 is 58.4 Å². The highest BCUT2D eigenvalue weighted by molar-refractivity contribution is 7.99. The number of nitrogens with one attached hydrogen (secondary N) is 2. The van der Waals surface area contributed by atoms with Crippen LogP contribution in [0.4, 0.5) is 5.82 Å². The Morgan fingerprint density at radius 2 is 2.06 bits per heavy atom. The van der Waals surface area contributed by atoms with Crippen molar-refractivity contribution in [3.8, 4) is 5.75 Å². The van der Waals surface area contributed by atoms with E-state index in [0.717, 1.165) is 58.8 Å². The summed E-state index contributed by atoms with van der Waals surface area (Å²) in [5, 5.41) is 8.32. The predicted octanol–water partition coefficient (Wildman–Crippen LogP) is 6.39. The van der Waals surface area contributed by atoms with Crippen molar-refractivity contribution < 1.29 is 4.74 Å². The third kappa shape index (κ3) is 5.48. The number of halogens is 2. The quantitative estimate of drug-likeness (QED) is 0.169. The van der Waals surface area contributed by atoms with Gasteiger partial charge in [0.15, 0.2) is 16.8 Å². The highest BCUT2D eigenvalue weighted by Gasteiger charge is 2.38. The Morgan fingerprint density at radius 3 is 2.79 bits per heavy atom. The molecule has 7 nitrogen and oxygen atoms in total. The van der Waals surface area contributed by atoms with E-state index >= 15 is 0 Å². The zero-order valence-corrected chi connectivity index (χ0v) is 21.8. The van der Waals surface area contributed by atoms with E-state index in [1.807, 2.05) is 11.3 Å². The minimum Gasteiger partial charge on any atom is -0.460 e. The normalized spacial score (nSPS) is 17.8. The van der Waals surface area contributed by atoms with Gasteiger partial charge in [0.2, 0.25) is 0 Å². The lowest BCUT2D eigenvalue weighted by Gasteiger charge is -2.36. The first-order valence-electron chi connectivity index (χ1n) is 10.9. The molecule has 0 radical (unpaired) electrons. The average Bonchev–Trinajstić information content (AvgIpc) is 3.24. The zero-order chi connectivity index (χ0) is 23.4. The molecule has 3 heterocycles. The highest BCUT2D eigenvalue weighted by Crippen LogP contribution is 2.36. The van der Waals surface area contributed by atoms with Crippen molar-refractivity contribution in [1.29, 1.82) is 0 Å². The van der Waals surface area contributed by atoms with Gasteiger partial charge in [0.25, 0.3) is 0 Å². The molecule has 2 aromatic rings. The van der Waals surface area contributed by atoms with Crippen molar-refractivity contribution in [2.75, 3.05) is 17.3 Å². The molecular weight excluding hydrogens is 499 g/mol. The molecule has 2 aliphatic heterocycles. The fraction of sp³-hybridized carbons (Fsp3) is 0.409. The molecule has 1 aromatic heterocycles. The number of thioether (sulfide) groups is 2. The fourth-order valence-electron chi connectivity index (χ4n) is 3.47. The molecule has 11 heteroatoms. The Hall–Kier alpha value is -1.81. The maximum atomic E-state index is 6.24. The summed E-state index contributed by atoms with van der Waals surface area (Å²) in [5.74, 6) is 3.68. The Labute approximate surface area is 212 Å². The highest BCUT2D eigenvalue weighted by atomic mass is 35.5. The molecular formula is C22H26Cl2N6OS2. The third-order valence-corrected chi connectivity index (χ3v) is 7.30. The molecule has 2 N–H and O–H groups in total. The van der Waals surface area contributed by atoms with E-state index in [-0.39, 0.29) is 6.17 Å². The van der Waals surface area contributed by atoms with Gasteiger partial charge in [0.05, 0.1) is 10.6 Å². The van der Waals surface area contributed by atoms with Crippen LogP contribution in [0.15, 0.2) is 45.5 Å². The zero-order valence-electron chi connectivity index (χ0n) is 18.7. The van der Waals surface area contributed by atoms with Gasteiger partial charge in [0, 0.05) is 10.8 Å². The molecule has 4 rings (SSSR count). The molecule has 1 aromatic carbocycles. The van der Waals surface area contributed by atoms with Crippen LogP contribution in [0.5, 0.6) is 5.75 Å². The number of benzene rings is 1. The SMILES string of the molecule is CCCCC1Nc2nc(SCCC)nc(SC)c2C2=NC(=COc3ccc(Cl)cc3Cl)NN21. The predicted molar refractivity (Wildman–Crippen MR) is 138 cm³/mol. The molecule has 176 valence electrons. The molecule has 33 heavy (non-hydrogen) atoms. The number of rotatable bonds is 9. The molecule has 0 aliphatic carbocycles. The van der Waals surface area contributed by atoms with Crippen LogP contribution in [-0.2, 0) is 0 Å². The Morgan fingerprint density at radius 1 is 1.21 bits per heavy atom. The second kappa shape index (κ2) is 11.1. The number of anilines is 1. The van der Waals surface area contributed by atoms with Crippen LogP contribution >= 0.6 is 46.7 Å². The van der Waals surface area contributed by atoms with Crippen LogP contribution in [0.3, 0.4) is 0 Å². The van der Waals surface area contributed by atoms with E-state index in [1.165, 1.54) is 0 Å². The standard InChI is InChI=1S/C22H26Cl2N6OS2/c1-4-6-7-17-26-19-18(21(32-3)28-22(27-19)33-10-5-2)20-25-16(29-30(17)20)12-31-15-9-8-13(23)11-14(15)24/h8-9,11-12,17,29H,4-7,10H2,1-3H3,(H,26,27,28). The maximum Gasteiger partial charge on any atom is 0.190 e. The van der Waals surface area contributed by atoms with Gasteiger partial charge in [-0.15, -0.1) is 11.8 Å². The monoisotopic (exact) mass is 524 g/mol. The summed E-state index contributed by atoms with van der Waals surface area (Å²) in [7, 11) is 0. The summed E-state index contributed by atoms with van der Waals surface area (Å²) >= 11 is 15.5. The number of amidine groups is 1. The van der Waals surface area contributed by atoms with Gasteiger partial charge in [-0.2, -0.15) is 0 Å². The number of fused-ring (bicyclic) bond motifs is 3. The van der Waals surface area contributed by atoms with Crippen LogP contribution in [0.1, 0.15) is 45.1 Å². The van der Waals surface area contributed by atoms with Crippen LogP contribution in [0, 0.1) is 0 Å². The molecule has 2 aliphatic rings. The number of hydrogen-bond acceptors (Lipinski definition) is 9. The lowest BCUT2D eigenvalue weighted by Crippen LogP contribution is -2.52. The lowest BCUT2D eigenvalue weighted by molar-refractivity contribution is 0.266. The van der Waals surface area contributed by atoms with Gasteiger partial charge in [-0.1, -0.05) is 55.2 Å². The van der Waals surface area contributed by atoms with E-state index in [9.17, 15) is 0 Å². The fourth-order valence-corrected chi connectivity index (χ4v) is 5.25. The molecule has 0 amide bonds. The number of hydrogen-bond donors (Lipinski definition) is 2. The smallest absolute Gasteiger partial charge is 0.190 e. The van der Waals surface area contributed by atoms with Gasteiger partial charge in [-0.05, 0) is 43.7 Å². The first kappa shape index (κ1) is 24.3. The summed E-state index contributed by atoms with van der Waals surface area (Å²) in [6.45, 7) is 4.34. The molecule has 0 saturated carbocycles. The molecule has 0 spiro atoms. The third-order valence-electron chi connectivity index (χ3n) is 5.03. The number of nitrogens with zero attached hydrogens (tertiary/aromatic N) is 4. The number of ether oxygens (including phenoxy) is 1. The molecule has 1 atom stereocenters. The van der Waals surface area contributed by atoms with Crippen molar-refractivity contribution in [3.63, 3.8) is 0 Å². The van der Waals surface area contributed by atoms with Crippen molar-refractivity contribution in [1.82, 2.24) is 20.4 Å². The Bertz CT molecular complexity index is 1080. The largest absolute Gasteiger partial charge is 0.460 e. The van der Waals surface area contributed by atoms with E-state index in [2.05, 4.69) is 24.6 Å². The average molecular weight is 526 g/mol. The molecule has 1 unspecified atom stereocenters. The van der Waals surface area contributed by atoms with Crippen LogP contribution in [-0.4, -0.2) is 39.0 Å². The van der Waals surface area contributed by atoms with Crippen molar-refractivity contribution in [3.05, 3.63) is 45.9 Å². The summed E-state index contributed by atoms with van der Waals surface area (Å²) in [6, 6.07) is 5.11. The van der Waals surface area contributed by atoms with Gasteiger partial charge in [-0.25, -0.2) is 20.0 Å². The second-order valence-electron chi connectivity index (χ2n) is 7.50. The lowest BCUT2D eigenvalue weighted by atomic mass is 10.1. The molecule has 0 bridgehead atoms. The first-order valence-corrected chi connectivity index (χ1v) is 13.8. The van der Waals surface area contributed by atoms with E-state index in [1.54, 1.807) is 48.0 Å². The minimum atomic E-state index is 0.00912. The van der Waals surface area contributed by atoms with Gasteiger partial charge in [0.1, 0.15) is 29.0 Å². The minimum absolute atomic E-state index is 0.00912. The maximum absolute atomic E-state index is 6.24. The van der Waals surface area contributed by atoms with Crippen LogP contribution in [0.25, 0.3) is 0 Å². The van der Waals surface area contributed by atoms with Crippen LogP contribution < -0.4 is 15.5 Å². The van der Waals surface area contributed by atoms with Gasteiger partial charge < -0.3 is 10.1 Å². The number of hydrazine groups is 1. The summed E-state index contributed by atoms with van der Waals surface area (Å²) in [4.78, 5) is 14.4. The van der Waals surface area contributed by atoms with Crippen molar-refractivity contribution in [2.45, 2.75) is 55.9 Å². The Kier molecular flexibility index (Phi) is 8.16. The topological polar surface area (TPSA) is 74.7 Å². The Balaban J connectivity index is 1.68. The molecule has 0 fully saturated rings. The first-order chi connectivity index (χ1) is 16.0.